The lowest BCUT2D eigenvalue weighted by Crippen LogP contribution is -2.21. The molecule has 0 bridgehead atoms. The van der Waals surface area contributed by atoms with Gasteiger partial charge in [0.05, 0.1) is 12.3 Å². The molecule has 6 heteroatoms. The van der Waals surface area contributed by atoms with Crippen LogP contribution in [0.4, 0.5) is 0 Å². The molecule has 0 saturated carbocycles. The van der Waals surface area contributed by atoms with E-state index in [9.17, 15) is 10.1 Å². The van der Waals surface area contributed by atoms with Crippen LogP contribution in [0.3, 0.4) is 0 Å². The smallest absolute Gasteiger partial charge is 0.315 e. The summed E-state index contributed by atoms with van der Waals surface area (Å²) in [6.07, 6.45) is 0.123. The molecule has 1 aliphatic rings. The minimum atomic E-state index is -0.468. The lowest BCUT2D eigenvalue weighted by atomic mass is 9.83. The number of rotatable bonds is 7. The van der Waals surface area contributed by atoms with Crippen LogP contribution in [-0.2, 0) is 17.8 Å². The van der Waals surface area contributed by atoms with Crippen molar-refractivity contribution in [2.45, 2.75) is 18.9 Å². The molecule has 41 heavy (non-hydrogen) atoms. The zero-order valence-electron chi connectivity index (χ0n) is 22.1. The molecule has 2 N–H and O–H groups in total. The number of carbonyl (C=O) groups excluding carboxylic acids is 1. The molecule has 1 heterocycles. The summed E-state index contributed by atoms with van der Waals surface area (Å²) in [4.78, 5) is 12.9. The molecule has 5 aromatic carbocycles. The van der Waals surface area contributed by atoms with E-state index in [-0.39, 0.29) is 12.3 Å². The molecule has 200 valence electrons. The van der Waals surface area contributed by atoms with Gasteiger partial charge in [-0.25, -0.2) is 0 Å². The summed E-state index contributed by atoms with van der Waals surface area (Å²) in [7, 11) is 0. The Labute approximate surface area is 237 Å². The molecule has 6 rings (SSSR count). The highest BCUT2D eigenvalue weighted by atomic mass is 16.5. The van der Waals surface area contributed by atoms with Crippen molar-refractivity contribution in [3.05, 3.63) is 149 Å². The third-order valence-corrected chi connectivity index (χ3v) is 7.08. The Morgan fingerprint density at radius 3 is 2.49 bits per heavy atom. The quantitative estimate of drug-likeness (QED) is 0.181. The summed E-state index contributed by atoms with van der Waals surface area (Å²) >= 11 is 0. The molecule has 5 aromatic rings. The lowest BCUT2D eigenvalue weighted by Gasteiger charge is -2.27. The van der Waals surface area contributed by atoms with Gasteiger partial charge in [-0.1, -0.05) is 91.0 Å². The number of benzene rings is 5. The summed E-state index contributed by atoms with van der Waals surface area (Å²) in [5, 5.41) is 12.0. The van der Waals surface area contributed by atoms with Gasteiger partial charge in [0.15, 0.2) is 0 Å². The van der Waals surface area contributed by atoms with Crippen LogP contribution in [-0.4, -0.2) is 5.97 Å². The molecule has 0 saturated heterocycles. The number of hydrogen-bond acceptors (Lipinski definition) is 6. The zero-order chi connectivity index (χ0) is 28.2. The van der Waals surface area contributed by atoms with E-state index in [1.54, 1.807) is 12.1 Å². The maximum Gasteiger partial charge on any atom is 0.315 e. The predicted molar refractivity (Wildman–Crippen MR) is 156 cm³/mol. The van der Waals surface area contributed by atoms with Gasteiger partial charge in [0, 0.05) is 11.6 Å². The van der Waals surface area contributed by atoms with Crippen LogP contribution in [0.2, 0.25) is 0 Å². The first-order valence-corrected chi connectivity index (χ1v) is 13.2. The van der Waals surface area contributed by atoms with E-state index in [4.69, 9.17) is 19.9 Å². The average molecular weight is 539 g/mol. The van der Waals surface area contributed by atoms with Crippen molar-refractivity contribution in [3.63, 3.8) is 0 Å². The van der Waals surface area contributed by atoms with Crippen LogP contribution < -0.4 is 19.9 Å². The number of fused-ring (bicyclic) bond motifs is 2. The largest absolute Gasteiger partial charge is 0.489 e. The van der Waals surface area contributed by atoms with Gasteiger partial charge in [0.25, 0.3) is 0 Å². The second-order valence-electron chi connectivity index (χ2n) is 9.76. The zero-order valence-corrected chi connectivity index (χ0v) is 22.1. The minimum Gasteiger partial charge on any atom is -0.489 e. The van der Waals surface area contributed by atoms with Gasteiger partial charge in [-0.3, -0.25) is 4.79 Å². The highest BCUT2D eigenvalue weighted by Gasteiger charge is 2.31. The van der Waals surface area contributed by atoms with Gasteiger partial charge in [-0.15, -0.1) is 0 Å². The van der Waals surface area contributed by atoms with E-state index >= 15 is 0 Å². The lowest BCUT2D eigenvalue weighted by molar-refractivity contribution is -0.133. The normalized spacial score (nSPS) is 14.1. The number of nitrogens with two attached hydrogens (primary N) is 1. The standard InChI is InChI=1S/C35H26N2O4/c36-21-31-34(26-13-7-14-27(18-26)39-22-23-8-2-1-3-9-23)30-17-16-28(20-32(30)41-35(31)37)40-33(38)19-25-12-6-11-24-10-4-5-15-29(24)25/h1-18,20,34H,19,22,37H2. The highest BCUT2D eigenvalue weighted by molar-refractivity contribution is 5.89. The number of nitrogens with zero attached hydrogens (tertiary/aromatic N) is 1. The van der Waals surface area contributed by atoms with Crippen LogP contribution in [0.25, 0.3) is 10.8 Å². The second kappa shape index (κ2) is 11.3. The molecule has 0 radical (unpaired) electrons. The SMILES string of the molecule is N#CC1=C(N)Oc2cc(OC(=O)Cc3cccc4ccccc34)ccc2C1c1cccc(OCc2ccccc2)c1. The number of allylic oxidation sites excluding steroid dienone is 1. The van der Waals surface area contributed by atoms with E-state index in [1.807, 2.05) is 103 Å². The van der Waals surface area contributed by atoms with Crippen molar-refractivity contribution in [2.24, 2.45) is 5.73 Å². The van der Waals surface area contributed by atoms with Crippen molar-refractivity contribution in [3.8, 4) is 23.3 Å². The Kier molecular flexibility index (Phi) is 7.08. The summed E-state index contributed by atoms with van der Waals surface area (Å²) in [5.74, 6) is 0.593. The van der Waals surface area contributed by atoms with Gasteiger partial charge in [-0.2, -0.15) is 5.26 Å². The highest BCUT2D eigenvalue weighted by Crippen LogP contribution is 2.44. The first-order valence-electron chi connectivity index (χ1n) is 13.2. The van der Waals surface area contributed by atoms with Crippen LogP contribution >= 0.6 is 0 Å². The van der Waals surface area contributed by atoms with Crippen molar-refractivity contribution >= 4 is 16.7 Å². The number of ether oxygens (including phenoxy) is 3. The second-order valence-corrected chi connectivity index (χ2v) is 9.76. The molecule has 0 spiro atoms. The summed E-state index contributed by atoms with van der Waals surface area (Å²) in [5.41, 5.74) is 10.0. The van der Waals surface area contributed by atoms with Gasteiger partial charge in [0.1, 0.15) is 35.5 Å². The molecule has 0 aliphatic carbocycles. The Hall–Kier alpha value is -5.54. The van der Waals surface area contributed by atoms with Crippen molar-refractivity contribution in [1.29, 1.82) is 5.26 Å². The molecular weight excluding hydrogens is 512 g/mol. The van der Waals surface area contributed by atoms with Gasteiger partial charge >= 0.3 is 5.97 Å². The van der Waals surface area contributed by atoms with Crippen LogP contribution in [0.15, 0.2) is 127 Å². The maximum absolute atomic E-state index is 12.9. The Morgan fingerprint density at radius 1 is 0.854 bits per heavy atom. The van der Waals surface area contributed by atoms with Crippen molar-refractivity contribution < 1.29 is 19.0 Å². The van der Waals surface area contributed by atoms with Gasteiger partial charge in [0.2, 0.25) is 5.88 Å². The van der Waals surface area contributed by atoms with Crippen molar-refractivity contribution in [2.75, 3.05) is 0 Å². The van der Waals surface area contributed by atoms with E-state index in [2.05, 4.69) is 6.07 Å². The molecule has 0 aromatic heterocycles. The average Bonchev–Trinajstić information content (AvgIpc) is 3.00. The Bertz CT molecular complexity index is 1820. The monoisotopic (exact) mass is 538 g/mol. The molecule has 1 unspecified atom stereocenters. The fourth-order valence-electron chi connectivity index (χ4n) is 5.14. The number of nitriles is 1. The van der Waals surface area contributed by atoms with E-state index < -0.39 is 11.9 Å². The molecule has 1 aliphatic heterocycles. The topological polar surface area (TPSA) is 94.6 Å². The summed E-state index contributed by atoms with van der Waals surface area (Å²) in [6, 6.07) is 38.7. The Morgan fingerprint density at radius 2 is 1.63 bits per heavy atom. The van der Waals surface area contributed by atoms with E-state index in [0.29, 0.717) is 29.4 Å². The third kappa shape index (κ3) is 5.47. The fraction of sp³-hybridized carbons (Fsp3) is 0.0857. The summed E-state index contributed by atoms with van der Waals surface area (Å²) < 4.78 is 17.6. The maximum atomic E-state index is 12.9. The van der Waals surface area contributed by atoms with Crippen molar-refractivity contribution in [1.82, 2.24) is 0 Å². The number of carbonyl (C=O) groups is 1. The summed E-state index contributed by atoms with van der Waals surface area (Å²) in [6.45, 7) is 0.422. The van der Waals surface area contributed by atoms with Crippen LogP contribution in [0.5, 0.6) is 17.2 Å². The minimum absolute atomic E-state index is 0.0137. The molecular formula is C35H26N2O4. The van der Waals surface area contributed by atoms with E-state index in [0.717, 1.165) is 33.0 Å². The first kappa shape index (κ1) is 25.7. The third-order valence-electron chi connectivity index (χ3n) is 7.08. The molecule has 0 fully saturated rings. The van der Waals surface area contributed by atoms with E-state index in [1.165, 1.54) is 0 Å². The van der Waals surface area contributed by atoms with Crippen LogP contribution in [0.1, 0.15) is 28.2 Å². The van der Waals surface area contributed by atoms with Gasteiger partial charge < -0.3 is 19.9 Å². The molecule has 0 amide bonds. The predicted octanol–water partition coefficient (Wildman–Crippen LogP) is 6.79. The van der Waals surface area contributed by atoms with Gasteiger partial charge in [-0.05, 0) is 45.7 Å². The molecule has 6 nitrogen and oxygen atoms in total. The Balaban J connectivity index is 1.24. The fourth-order valence-corrected chi connectivity index (χ4v) is 5.14. The number of hydrogen-bond donors (Lipinski definition) is 1. The molecule has 1 atom stereocenters. The number of esters is 1. The van der Waals surface area contributed by atoms with Crippen LogP contribution in [0, 0.1) is 11.3 Å². The first-order chi connectivity index (χ1) is 20.1.